The lowest BCUT2D eigenvalue weighted by Gasteiger charge is -2.02. The molecular formula is C8H12N2O2. The fourth-order valence-corrected chi connectivity index (χ4v) is 1.15. The van der Waals surface area contributed by atoms with Crippen molar-refractivity contribution in [3.8, 4) is 0 Å². The van der Waals surface area contributed by atoms with Gasteiger partial charge < -0.3 is 10.5 Å². The third-order valence-electron chi connectivity index (χ3n) is 1.76. The summed E-state index contributed by atoms with van der Waals surface area (Å²) in [5.41, 5.74) is 6.45. The van der Waals surface area contributed by atoms with Gasteiger partial charge in [-0.1, -0.05) is 0 Å². The molecule has 0 aromatic carbocycles. The Morgan fingerprint density at radius 3 is 2.92 bits per heavy atom. The third-order valence-corrected chi connectivity index (χ3v) is 1.76. The van der Waals surface area contributed by atoms with Gasteiger partial charge in [0.2, 0.25) is 0 Å². The number of methoxy groups -OCH3 is 1. The summed E-state index contributed by atoms with van der Waals surface area (Å²) in [5.74, 6) is -0.404. The second-order valence-electron chi connectivity index (χ2n) is 2.50. The zero-order valence-electron chi connectivity index (χ0n) is 7.04. The van der Waals surface area contributed by atoms with Crippen LogP contribution in [-0.4, -0.2) is 25.3 Å². The van der Waals surface area contributed by atoms with Gasteiger partial charge in [0.05, 0.1) is 18.4 Å². The van der Waals surface area contributed by atoms with Crippen LogP contribution in [0.5, 0.6) is 0 Å². The lowest BCUT2D eigenvalue weighted by molar-refractivity contribution is -0.135. The first-order valence-electron chi connectivity index (χ1n) is 3.83. The van der Waals surface area contributed by atoms with Crippen molar-refractivity contribution >= 4 is 11.7 Å². The maximum absolute atomic E-state index is 11.1. The van der Waals surface area contributed by atoms with Gasteiger partial charge in [-0.05, 0) is 12.8 Å². The molecule has 4 nitrogen and oxygen atoms in total. The van der Waals surface area contributed by atoms with Crippen molar-refractivity contribution in [2.45, 2.75) is 12.8 Å². The second kappa shape index (κ2) is 3.90. The number of hydrogen-bond acceptors (Lipinski definition) is 4. The van der Waals surface area contributed by atoms with Crippen molar-refractivity contribution in [3.63, 3.8) is 0 Å². The summed E-state index contributed by atoms with van der Waals surface area (Å²) < 4.78 is 4.55. The third kappa shape index (κ3) is 1.64. The maximum atomic E-state index is 11.1. The normalized spacial score (nSPS) is 17.4. The highest BCUT2D eigenvalue weighted by molar-refractivity contribution is 6.20. The highest BCUT2D eigenvalue weighted by atomic mass is 16.5. The Kier molecular flexibility index (Phi) is 2.85. The molecule has 0 bridgehead atoms. The number of hydrogen-bond donors (Lipinski definition) is 1. The molecule has 66 valence electrons. The predicted molar refractivity (Wildman–Crippen MR) is 45.8 cm³/mol. The van der Waals surface area contributed by atoms with Gasteiger partial charge in [0.15, 0.2) is 0 Å². The fourth-order valence-electron chi connectivity index (χ4n) is 1.15. The molecule has 0 amide bonds. The van der Waals surface area contributed by atoms with Crippen molar-refractivity contribution in [2.75, 3.05) is 13.7 Å². The van der Waals surface area contributed by atoms with Crippen LogP contribution in [-0.2, 0) is 9.53 Å². The van der Waals surface area contributed by atoms with E-state index in [-0.39, 0.29) is 0 Å². The predicted octanol–water partition coefficient (Wildman–Crippen LogP) is 0.237. The summed E-state index contributed by atoms with van der Waals surface area (Å²) in [4.78, 5) is 15.2. The molecule has 1 rings (SSSR count). The standard InChI is InChI=1S/C8H12N2O2/c1-12-8(11)6(5-9)7-3-2-4-10-7/h5H,2-4,9H2,1H3. The Labute approximate surface area is 71.1 Å². The minimum Gasteiger partial charge on any atom is -0.465 e. The Morgan fingerprint density at radius 2 is 2.50 bits per heavy atom. The molecule has 2 N–H and O–H groups in total. The first kappa shape index (κ1) is 8.77. The van der Waals surface area contributed by atoms with E-state index in [0.717, 1.165) is 25.1 Å². The molecule has 0 atom stereocenters. The Hall–Kier alpha value is -1.32. The molecule has 0 unspecified atom stereocenters. The summed E-state index contributed by atoms with van der Waals surface area (Å²) in [6.07, 6.45) is 3.07. The molecule has 0 aromatic rings. The summed E-state index contributed by atoms with van der Waals surface area (Å²) in [5, 5.41) is 0. The van der Waals surface area contributed by atoms with E-state index < -0.39 is 5.97 Å². The van der Waals surface area contributed by atoms with Crippen molar-refractivity contribution in [1.82, 2.24) is 0 Å². The fraction of sp³-hybridized carbons (Fsp3) is 0.500. The van der Waals surface area contributed by atoms with Crippen LogP contribution in [0.15, 0.2) is 16.8 Å². The van der Waals surface area contributed by atoms with Crippen molar-refractivity contribution in [3.05, 3.63) is 11.8 Å². The number of carbonyl (C=O) groups excluding carboxylic acids is 1. The van der Waals surface area contributed by atoms with Crippen LogP contribution >= 0.6 is 0 Å². The monoisotopic (exact) mass is 168 g/mol. The van der Waals surface area contributed by atoms with Gasteiger partial charge in [-0.15, -0.1) is 0 Å². The molecule has 12 heavy (non-hydrogen) atoms. The molecule has 0 fully saturated rings. The SMILES string of the molecule is COC(=O)C(=CN)C1=NCCC1. The Balaban J connectivity index is 2.75. The van der Waals surface area contributed by atoms with Crippen LogP contribution in [0.2, 0.25) is 0 Å². The van der Waals surface area contributed by atoms with Crippen LogP contribution < -0.4 is 5.73 Å². The van der Waals surface area contributed by atoms with Gasteiger partial charge >= 0.3 is 5.97 Å². The quantitative estimate of drug-likeness (QED) is 0.474. The molecular weight excluding hydrogens is 156 g/mol. The highest BCUT2D eigenvalue weighted by Gasteiger charge is 2.18. The average molecular weight is 168 g/mol. The maximum Gasteiger partial charge on any atom is 0.341 e. The topological polar surface area (TPSA) is 64.7 Å². The second-order valence-corrected chi connectivity index (χ2v) is 2.50. The summed E-state index contributed by atoms with van der Waals surface area (Å²) in [7, 11) is 1.33. The molecule has 1 aliphatic heterocycles. The van der Waals surface area contributed by atoms with E-state index in [1.165, 1.54) is 13.3 Å². The van der Waals surface area contributed by atoms with Gasteiger partial charge in [-0.3, -0.25) is 4.99 Å². The average Bonchev–Trinajstić information content (AvgIpc) is 2.58. The van der Waals surface area contributed by atoms with Crippen molar-refractivity contribution in [2.24, 2.45) is 10.7 Å². The van der Waals surface area contributed by atoms with Crippen LogP contribution in [0, 0.1) is 0 Å². The summed E-state index contributed by atoms with van der Waals surface area (Å²) in [6.45, 7) is 0.781. The number of esters is 1. The molecule has 1 heterocycles. The number of nitrogens with zero attached hydrogens (tertiary/aromatic N) is 1. The minimum atomic E-state index is -0.404. The highest BCUT2D eigenvalue weighted by Crippen LogP contribution is 2.12. The van der Waals surface area contributed by atoms with E-state index in [1.807, 2.05) is 0 Å². The lowest BCUT2D eigenvalue weighted by Crippen LogP contribution is -2.14. The number of rotatable bonds is 2. The molecule has 0 aromatic heterocycles. The van der Waals surface area contributed by atoms with Gasteiger partial charge in [0.25, 0.3) is 0 Å². The van der Waals surface area contributed by atoms with Crippen molar-refractivity contribution < 1.29 is 9.53 Å². The van der Waals surface area contributed by atoms with Crippen LogP contribution in [0.4, 0.5) is 0 Å². The van der Waals surface area contributed by atoms with Gasteiger partial charge in [0, 0.05) is 12.7 Å². The van der Waals surface area contributed by atoms with Crippen molar-refractivity contribution in [1.29, 1.82) is 0 Å². The van der Waals surface area contributed by atoms with E-state index in [1.54, 1.807) is 0 Å². The molecule has 0 saturated heterocycles. The first-order valence-corrected chi connectivity index (χ1v) is 3.83. The molecule has 1 aliphatic rings. The molecule has 0 aliphatic carbocycles. The van der Waals surface area contributed by atoms with E-state index in [4.69, 9.17) is 5.73 Å². The summed E-state index contributed by atoms with van der Waals surface area (Å²) in [6, 6.07) is 0. The molecule has 0 saturated carbocycles. The molecule has 4 heteroatoms. The largest absolute Gasteiger partial charge is 0.465 e. The zero-order valence-corrected chi connectivity index (χ0v) is 7.04. The Morgan fingerprint density at radius 1 is 1.75 bits per heavy atom. The molecule has 0 radical (unpaired) electrons. The van der Waals surface area contributed by atoms with Crippen LogP contribution in [0.25, 0.3) is 0 Å². The molecule has 0 spiro atoms. The van der Waals surface area contributed by atoms with E-state index in [2.05, 4.69) is 9.73 Å². The Bertz CT molecular complexity index is 243. The van der Waals surface area contributed by atoms with Crippen LogP contribution in [0.3, 0.4) is 0 Å². The lowest BCUT2D eigenvalue weighted by atomic mass is 10.1. The minimum absolute atomic E-state index is 0.398. The van der Waals surface area contributed by atoms with E-state index in [0.29, 0.717) is 5.57 Å². The summed E-state index contributed by atoms with van der Waals surface area (Å²) >= 11 is 0. The zero-order chi connectivity index (χ0) is 8.97. The first-order chi connectivity index (χ1) is 5.79. The van der Waals surface area contributed by atoms with Crippen LogP contribution in [0.1, 0.15) is 12.8 Å². The van der Waals surface area contributed by atoms with Gasteiger partial charge in [-0.25, -0.2) is 4.79 Å². The van der Waals surface area contributed by atoms with E-state index in [9.17, 15) is 4.79 Å². The number of carbonyl (C=O) groups is 1. The van der Waals surface area contributed by atoms with E-state index >= 15 is 0 Å². The van der Waals surface area contributed by atoms with Gasteiger partial charge in [-0.2, -0.15) is 0 Å². The number of nitrogens with two attached hydrogens (primary N) is 1. The number of ether oxygens (including phenoxy) is 1. The van der Waals surface area contributed by atoms with Gasteiger partial charge in [0.1, 0.15) is 0 Å². The number of aliphatic imine (C=N–C) groups is 1. The smallest absolute Gasteiger partial charge is 0.341 e.